The van der Waals surface area contributed by atoms with E-state index in [4.69, 9.17) is 16.3 Å². The SMILES string of the molecule is COC1=C(C(=O)O)C(c2ccccc2Cl)=c2cc3c(cc2N1)=CCC3. The van der Waals surface area contributed by atoms with Gasteiger partial charge in [0, 0.05) is 27.1 Å². The molecule has 0 bridgehead atoms. The lowest BCUT2D eigenvalue weighted by Crippen LogP contribution is -2.29. The summed E-state index contributed by atoms with van der Waals surface area (Å²) in [5.41, 5.74) is 3.40. The van der Waals surface area contributed by atoms with Crippen molar-refractivity contribution < 1.29 is 14.6 Å². The number of fused-ring (bicyclic) bond motifs is 2. The molecule has 4 nitrogen and oxygen atoms in total. The Kier molecular flexibility index (Phi) is 3.77. The molecule has 2 aliphatic rings. The third-order valence-electron chi connectivity index (χ3n) is 4.61. The van der Waals surface area contributed by atoms with Gasteiger partial charge in [0.05, 0.1) is 7.11 Å². The number of hydrogen-bond donors (Lipinski definition) is 2. The molecule has 1 heterocycles. The number of carbonyl (C=O) groups is 1. The Hall–Kier alpha value is -2.72. The number of benzene rings is 2. The average Bonchev–Trinajstić information content (AvgIpc) is 3.06. The van der Waals surface area contributed by atoms with Crippen LogP contribution in [-0.2, 0) is 16.0 Å². The molecule has 1 aliphatic heterocycles. The topological polar surface area (TPSA) is 58.6 Å². The third kappa shape index (κ3) is 2.50. The van der Waals surface area contributed by atoms with Crippen molar-refractivity contribution >= 4 is 34.9 Å². The van der Waals surface area contributed by atoms with Gasteiger partial charge in [-0.1, -0.05) is 35.9 Å². The van der Waals surface area contributed by atoms with Gasteiger partial charge >= 0.3 is 5.97 Å². The molecule has 0 amide bonds. The van der Waals surface area contributed by atoms with Crippen molar-refractivity contribution in [2.45, 2.75) is 12.8 Å². The highest BCUT2D eigenvalue weighted by molar-refractivity contribution is 6.33. The minimum atomic E-state index is -1.06. The van der Waals surface area contributed by atoms with E-state index < -0.39 is 5.97 Å². The number of aliphatic carboxylic acids is 1. The van der Waals surface area contributed by atoms with Crippen molar-refractivity contribution in [2.75, 3.05) is 12.4 Å². The monoisotopic (exact) mass is 353 g/mol. The fourth-order valence-electron chi connectivity index (χ4n) is 3.50. The zero-order valence-corrected chi connectivity index (χ0v) is 14.4. The van der Waals surface area contributed by atoms with Gasteiger partial charge < -0.3 is 15.2 Å². The number of hydrogen-bond acceptors (Lipinski definition) is 3. The van der Waals surface area contributed by atoms with Crippen molar-refractivity contribution in [2.24, 2.45) is 0 Å². The van der Waals surface area contributed by atoms with E-state index in [-0.39, 0.29) is 11.5 Å². The van der Waals surface area contributed by atoms with Gasteiger partial charge in [-0.25, -0.2) is 4.79 Å². The smallest absolute Gasteiger partial charge is 0.341 e. The molecule has 2 aromatic carbocycles. The molecular weight excluding hydrogens is 338 g/mol. The molecule has 0 saturated carbocycles. The molecule has 4 rings (SSSR count). The number of halogens is 1. The van der Waals surface area contributed by atoms with Crippen LogP contribution in [0.5, 0.6) is 0 Å². The van der Waals surface area contributed by atoms with Crippen LogP contribution in [0.25, 0.3) is 11.6 Å². The van der Waals surface area contributed by atoms with Gasteiger partial charge in [0.15, 0.2) is 0 Å². The number of anilines is 1. The molecule has 2 N–H and O–H groups in total. The molecular formula is C20H16ClNO3. The van der Waals surface area contributed by atoms with Crippen LogP contribution < -0.4 is 15.8 Å². The summed E-state index contributed by atoms with van der Waals surface area (Å²) in [6, 6.07) is 11.4. The Labute approximate surface area is 149 Å². The van der Waals surface area contributed by atoms with Crippen LogP contribution in [0.4, 0.5) is 5.69 Å². The van der Waals surface area contributed by atoms with E-state index in [2.05, 4.69) is 17.5 Å². The van der Waals surface area contributed by atoms with Gasteiger partial charge in [0.1, 0.15) is 5.57 Å². The number of aryl methyl sites for hydroxylation is 1. The largest absolute Gasteiger partial charge is 0.482 e. The number of rotatable bonds is 3. The number of carboxylic acids is 1. The van der Waals surface area contributed by atoms with Crippen molar-refractivity contribution in [3.63, 3.8) is 0 Å². The molecule has 0 aromatic heterocycles. The summed E-state index contributed by atoms with van der Waals surface area (Å²) in [6.07, 6.45) is 4.15. The molecule has 0 fully saturated rings. The number of nitrogens with one attached hydrogen (secondary N) is 1. The zero-order valence-electron chi connectivity index (χ0n) is 13.6. The number of ether oxygens (including phenoxy) is 1. The molecule has 5 heteroatoms. The second-order valence-corrected chi connectivity index (χ2v) is 6.44. The second kappa shape index (κ2) is 5.97. The molecule has 1 aliphatic carbocycles. The quantitative estimate of drug-likeness (QED) is 0.890. The zero-order chi connectivity index (χ0) is 17.6. The first kappa shape index (κ1) is 15.8. The van der Waals surface area contributed by atoms with E-state index in [0.717, 1.165) is 23.7 Å². The van der Waals surface area contributed by atoms with E-state index in [1.165, 1.54) is 17.9 Å². The highest BCUT2D eigenvalue weighted by atomic mass is 35.5. The third-order valence-corrected chi connectivity index (χ3v) is 4.94. The van der Waals surface area contributed by atoms with Gasteiger partial charge in [-0.05, 0) is 41.8 Å². The lowest BCUT2D eigenvalue weighted by atomic mass is 9.91. The van der Waals surface area contributed by atoms with E-state index in [1.807, 2.05) is 24.3 Å². The maximum absolute atomic E-state index is 12.0. The summed E-state index contributed by atoms with van der Waals surface area (Å²) in [5, 5.41) is 15.5. The first-order valence-electron chi connectivity index (χ1n) is 8.01. The predicted molar refractivity (Wildman–Crippen MR) is 97.7 cm³/mol. The van der Waals surface area contributed by atoms with E-state index in [1.54, 1.807) is 6.07 Å². The normalized spacial score (nSPS) is 15.2. The van der Waals surface area contributed by atoms with Crippen LogP contribution >= 0.6 is 11.6 Å². The van der Waals surface area contributed by atoms with Crippen LogP contribution in [0.2, 0.25) is 5.02 Å². The van der Waals surface area contributed by atoms with Crippen LogP contribution in [0.15, 0.2) is 47.9 Å². The summed E-state index contributed by atoms with van der Waals surface area (Å²) in [6.45, 7) is 0. The molecule has 126 valence electrons. The van der Waals surface area contributed by atoms with Crippen LogP contribution in [-0.4, -0.2) is 18.2 Å². The maximum Gasteiger partial charge on any atom is 0.341 e. The van der Waals surface area contributed by atoms with Gasteiger partial charge in [-0.15, -0.1) is 0 Å². The average molecular weight is 354 g/mol. The fourth-order valence-corrected chi connectivity index (χ4v) is 3.73. The lowest BCUT2D eigenvalue weighted by molar-refractivity contribution is -0.132. The number of methoxy groups -OCH3 is 1. The highest BCUT2D eigenvalue weighted by Gasteiger charge is 2.28. The number of carboxylic acid groups (broad SMARTS) is 1. The Balaban J connectivity index is 2.15. The van der Waals surface area contributed by atoms with Gasteiger partial charge in [-0.2, -0.15) is 0 Å². The lowest BCUT2D eigenvalue weighted by Gasteiger charge is -2.23. The molecule has 0 radical (unpaired) electrons. The highest BCUT2D eigenvalue weighted by Crippen LogP contribution is 2.32. The molecule has 0 atom stereocenters. The van der Waals surface area contributed by atoms with Crippen molar-refractivity contribution in [3.05, 3.63) is 74.4 Å². The van der Waals surface area contributed by atoms with Crippen molar-refractivity contribution in [1.82, 2.24) is 0 Å². The van der Waals surface area contributed by atoms with Gasteiger partial charge in [0.2, 0.25) is 5.88 Å². The van der Waals surface area contributed by atoms with E-state index in [0.29, 0.717) is 16.2 Å². The predicted octanol–water partition coefficient (Wildman–Crippen LogP) is 2.63. The van der Waals surface area contributed by atoms with Crippen LogP contribution in [0, 0.1) is 0 Å². The summed E-state index contributed by atoms with van der Waals surface area (Å²) in [5.74, 6) is -0.843. The Bertz CT molecular complexity index is 1050. The fraction of sp³-hybridized carbons (Fsp3) is 0.150. The molecule has 0 spiro atoms. The second-order valence-electron chi connectivity index (χ2n) is 6.03. The summed E-state index contributed by atoms with van der Waals surface area (Å²) in [7, 11) is 1.46. The van der Waals surface area contributed by atoms with Crippen molar-refractivity contribution in [1.29, 1.82) is 0 Å². The Morgan fingerprint density at radius 2 is 2.08 bits per heavy atom. The van der Waals surface area contributed by atoms with Crippen molar-refractivity contribution in [3.8, 4) is 0 Å². The first-order chi connectivity index (χ1) is 12.1. The van der Waals surface area contributed by atoms with Crippen LogP contribution in [0.3, 0.4) is 0 Å². The summed E-state index contributed by atoms with van der Waals surface area (Å²) >= 11 is 6.40. The standard InChI is InChI=1S/C20H16ClNO3/c1-25-19-18(20(23)24)17(13-7-2-3-8-15(13)21)14-9-11-5-4-6-12(11)10-16(14)22-19/h2-3,6-10,22H,4-5H2,1H3,(H,23,24). The van der Waals surface area contributed by atoms with Gasteiger partial charge in [-0.3, -0.25) is 0 Å². The maximum atomic E-state index is 12.0. The Morgan fingerprint density at radius 1 is 1.28 bits per heavy atom. The molecule has 25 heavy (non-hydrogen) atoms. The minimum Gasteiger partial charge on any atom is -0.482 e. The minimum absolute atomic E-state index is 0.0880. The van der Waals surface area contributed by atoms with E-state index >= 15 is 0 Å². The summed E-state index contributed by atoms with van der Waals surface area (Å²) in [4.78, 5) is 12.0. The van der Waals surface area contributed by atoms with E-state index in [9.17, 15) is 9.90 Å². The first-order valence-corrected chi connectivity index (χ1v) is 8.39. The Morgan fingerprint density at radius 3 is 2.80 bits per heavy atom. The summed E-state index contributed by atoms with van der Waals surface area (Å²) < 4.78 is 5.35. The van der Waals surface area contributed by atoms with Gasteiger partial charge in [0.25, 0.3) is 0 Å². The molecule has 0 unspecified atom stereocenters. The molecule has 2 aromatic rings. The van der Waals surface area contributed by atoms with Crippen LogP contribution in [0.1, 0.15) is 17.5 Å². The molecule has 0 saturated heterocycles.